The van der Waals surface area contributed by atoms with Crippen LogP contribution in [-0.4, -0.2) is 22.2 Å². The molecule has 26 heavy (non-hydrogen) atoms. The highest BCUT2D eigenvalue weighted by atomic mass is 32.1. The van der Waals surface area contributed by atoms with E-state index in [1.54, 1.807) is 18.3 Å². The van der Waals surface area contributed by atoms with Crippen LogP contribution in [0.2, 0.25) is 0 Å². The molecule has 0 saturated carbocycles. The summed E-state index contributed by atoms with van der Waals surface area (Å²) in [5.41, 5.74) is 12.0. The molecule has 2 aromatic rings. The highest BCUT2D eigenvalue weighted by molar-refractivity contribution is 7.82. The molecule has 0 bridgehead atoms. The van der Waals surface area contributed by atoms with Crippen LogP contribution in [0.3, 0.4) is 0 Å². The van der Waals surface area contributed by atoms with E-state index in [1.807, 2.05) is 44.2 Å². The van der Waals surface area contributed by atoms with E-state index in [0.717, 1.165) is 22.4 Å². The van der Waals surface area contributed by atoms with Gasteiger partial charge in [0.1, 0.15) is 0 Å². The van der Waals surface area contributed by atoms with Gasteiger partial charge in [-0.25, -0.2) is 0 Å². The fourth-order valence-corrected chi connectivity index (χ4v) is 2.41. The van der Waals surface area contributed by atoms with Crippen LogP contribution in [0, 0.1) is 13.8 Å². The standard InChI is InChI=1S/C18H19N5OS2/c1-11-4-3-5-12(2)15(11)22-16(24)17(25)21-14-8-6-13(7-9-14)10-20-23-18(19)26/h3-10H,1-2H3,(H,21,25)(H,22,24)(H3,19,23,26)/b20-10+. The van der Waals surface area contributed by atoms with E-state index in [9.17, 15) is 4.79 Å². The molecule has 0 aromatic heterocycles. The monoisotopic (exact) mass is 385 g/mol. The number of aryl methyl sites for hydroxylation is 2. The van der Waals surface area contributed by atoms with Crippen molar-refractivity contribution in [3.63, 3.8) is 0 Å². The Labute approximate surface area is 162 Å². The third-order valence-corrected chi connectivity index (χ3v) is 3.86. The van der Waals surface area contributed by atoms with E-state index in [1.165, 1.54) is 0 Å². The predicted molar refractivity (Wildman–Crippen MR) is 115 cm³/mol. The minimum atomic E-state index is -0.358. The Morgan fingerprint density at radius 3 is 2.23 bits per heavy atom. The molecule has 0 fully saturated rings. The molecule has 2 aromatic carbocycles. The maximum Gasteiger partial charge on any atom is 0.283 e. The zero-order valence-electron chi connectivity index (χ0n) is 14.4. The Morgan fingerprint density at radius 2 is 1.65 bits per heavy atom. The van der Waals surface area contributed by atoms with Crippen LogP contribution in [0.25, 0.3) is 0 Å². The highest BCUT2D eigenvalue weighted by Crippen LogP contribution is 2.19. The molecule has 1 amide bonds. The van der Waals surface area contributed by atoms with Gasteiger partial charge in [-0.1, -0.05) is 42.5 Å². The molecular weight excluding hydrogens is 366 g/mol. The molecular formula is C18H19N5OS2. The molecule has 0 aliphatic rings. The summed E-state index contributed by atoms with van der Waals surface area (Å²) < 4.78 is 0. The summed E-state index contributed by atoms with van der Waals surface area (Å²) in [6.45, 7) is 3.87. The average Bonchev–Trinajstić information content (AvgIpc) is 2.59. The van der Waals surface area contributed by atoms with Crippen molar-refractivity contribution in [2.45, 2.75) is 13.8 Å². The number of para-hydroxylation sites is 1. The normalized spacial score (nSPS) is 10.4. The largest absolute Gasteiger partial charge is 0.375 e. The molecule has 0 aliphatic heterocycles. The lowest BCUT2D eigenvalue weighted by Gasteiger charge is -2.13. The van der Waals surface area contributed by atoms with Crippen LogP contribution in [0.15, 0.2) is 47.6 Å². The van der Waals surface area contributed by atoms with Gasteiger partial charge in [0.25, 0.3) is 5.91 Å². The van der Waals surface area contributed by atoms with Crippen LogP contribution >= 0.6 is 24.4 Å². The van der Waals surface area contributed by atoms with Gasteiger partial charge in [-0.15, -0.1) is 0 Å². The minimum absolute atomic E-state index is 0.0872. The molecule has 0 aliphatic carbocycles. The van der Waals surface area contributed by atoms with Gasteiger partial charge in [0.05, 0.1) is 6.21 Å². The molecule has 0 heterocycles. The molecule has 0 spiro atoms. The van der Waals surface area contributed by atoms with Crippen LogP contribution in [0.5, 0.6) is 0 Å². The Morgan fingerprint density at radius 1 is 1.04 bits per heavy atom. The number of carbonyl (C=O) groups excluding carboxylic acids is 1. The highest BCUT2D eigenvalue weighted by Gasteiger charge is 2.12. The first kappa shape index (κ1) is 19.5. The summed E-state index contributed by atoms with van der Waals surface area (Å²) in [5.74, 6) is -0.358. The number of hydrogen-bond donors (Lipinski definition) is 4. The van der Waals surface area contributed by atoms with Gasteiger partial charge in [-0.05, 0) is 54.9 Å². The Hall–Kier alpha value is -2.84. The van der Waals surface area contributed by atoms with E-state index in [0.29, 0.717) is 5.69 Å². The number of hydrazone groups is 1. The summed E-state index contributed by atoms with van der Waals surface area (Å²) in [6, 6.07) is 13.0. The molecule has 0 atom stereocenters. The lowest BCUT2D eigenvalue weighted by molar-refractivity contribution is -0.110. The third kappa shape index (κ3) is 5.61. The number of nitrogens with two attached hydrogens (primary N) is 1. The lowest BCUT2D eigenvalue weighted by Crippen LogP contribution is -2.28. The second-order valence-electron chi connectivity index (χ2n) is 5.53. The molecule has 5 N–H and O–H groups in total. The van der Waals surface area contributed by atoms with Crippen LogP contribution < -0.4 is 21.8 Å². The van der Waals surface area contributed by atoms with Crippen molar-refractivity contribution in [3.05, 3.63) is 59.2 Å². The number of amides is 1. The number of carbonyl (C=O) groups is 1. The average molecular weight is 386 g/mol. The van der Waals surface area contributed by atoms with Gasteiger partial charge in [0.2, 0.25) is 0 Å². The number of anilines is 2. The minimum Gasteiger partial charge on any atom is -0.375 e. The topological polar surface area (TPSA) is 91.5 Å². The van der Waals surface area contributed by atoms with E-state index in [-0.39, 0.29) is 16.0 Å². The van der Waals surface area contributed by atoms with Crippen molar-refractivity contribution in [3.8, 4) is 0 Å². The van der Waals surface area contributed by atoms with Crippen molar-refractivity contribution in [2.75, 3.05) is 10.6 Å². The molecule has 8 heteroatoms. The Balaban J connectivity index is 1.97. The SMILES string of the molecule is Cc1cccc(C)c1NC(=O)C(=S)Nc1ccc(/C=N/NC(N)=S)cc1. The van der Waals surface area contributed by atoms with E-state index in [2.05, 4.69) is 33.4 Å². The second-order valence-corrected chi connectivity index (χ2v) is 6.38. The first-order valence-electron chi connectivity index (χ1n) is 7.74. The smallest absolute Gasteiger partial charge is 0.283 e. The van der Waals surface area contributed by atoms with Gasteiger partial charge < -0.3 is 16.4 Å². The molecule has 6 nitrogen and oxygen atoms in total. The fraction of sp³-hybridized carbons (Fsp3) is 0.111. The summed E-state index contributed by atoms with van der Waals surface area (Å²) >= 11 is 9.85. The quantitative estimate of drug-likeness (QED) is 0.368. The van der Waals surface area contributed by atoms with Crippen LogP contribution in [0.4, 0.5) is 11.4 Å². The molecule has 0 radical (unpaired) electrons. The maximum absolute atomic E-state index is 12.3. The number of benzene rings is 2. The van der Waals surface area contributed by atoms with Gasteiger partial charge >= 0.3 is 0 Å². The summed E-state index contributed by atoms with van der Waals surface area (Å²) in [6.07, 6.45) is 1.58. The third-order valence-electron chi connectivity index (χ3n) is 3.48. The molecule has 0 unspecified atom stereocenters. The predicted octanol–water partition coefficient (Wildman–Crippen LogP) is 2.85. The first-order chi connectivity index (χ1) is 12.4. The van der Waals surface area contributed by atoms with E-state index >= 15 is 0 Å². The lowest BCUT2D eigenvalue weighted by atomic mass is 10.1. The summed E-state index contributed by atoms with van der Waals surface area (Å²) in [5, 5.41) is 9.74. The van der Waals surface area contributed by atoms with Crippen LogP contribution in [0.1, 0.15) is 16.7 Å². The molecule has 2 rings (SSSR count). The zero-order valence-corrected chi connectivity index (χ0v) is 16.0. The van der Waals surface area contributed by atoms with Gasteiger partial charge in [0, 0.05) is 11.4 Å². The molecule has 134 valence electrons. The number of hydrogen-bond acceptors (Lipinski definition) is 4. The van der Waals surface area contributed by atoms with E-state index in [4.69, 9.17) is 18.0 Å². The van der Waals surface area contributed by atoms with Crippen molar-refractivity contribution in [1.82, 2.24) is 5.43 Å². The van der Waals surface area contributed by atoms with Gasteiger partial charge in [-0.3, -0.25) is 10.2 Å². The Bertz CT molecular complexity index is 842. The Kier molecular flexibility index (Phi) is 6.76. The van der Waals surface area contributed by atoms with Crippen molar-refractivity contribution < 1.29 is 4.79 Å². The summed E-state index contributed by atoms with van der Waals surface area (Å²) in [4.78, 5) is 12.4. The van der Waals surface area contributed by atoms with Crippen molar-refractivity contribution >= 4 is 58.0 Å². The summed E-state index contributed by atoms with van der Waals surface area (Å²) in [7, 11) is 0. The van der Waals surface area contributed by atoms with Crippen LogP contribution in [-0.2, 0) is 4.79 Å². The van der Waals surface area contributed by atoms with Crippen molar-refractivity contribution in [2.24, 2.45) is 10.8 Å². The number of rotatable bonds is 4. The molecule has 0 saturated heterocycles. The van der Waals surface area contributed by atoms with E-state index < -0.39 is 0 Å². The van der Waals surface area contributed by atoms with Crippen molar-refractivity contribution in [1.29, 1.82) is 0 Å². The first-order valence-corrected chi connectivity index (χ1v) is 8.55. The fourth-order valence-electron chi connectivity index (χ4n) is 2.19. The number of nitrogens with one attached hydrogen (secondary N) is 3. The zero-order chi connectivity index (χ0) is 19.1. The van der Waals surface area contributed by atoms with Gasteiger partial charge in [0.15, 0.2) is 10.1 Å². The van der Waals surface area contributed by atoms with Gasteiger partial charge in [-0.2, -0.15) is 5.10 Å². The number of nitrogens with zero attached hydrogens (tertiary/aromatic N) is 1. The second kappa shape index (κ2) is 9.02. The number of thiocarbonyl (C=S) groups is 2. The maximum atomic E-state index is 12.3.